The van der Waals surface area contributed by atoms with Crippen LogP contribution in [0.1, 0.15) is 23.3 Å². The van der Waals surface area contributed by atoms with E-state index in [1.807, 2.05) is 12.1 Å². The summed E-state index contributed by atoms with van der Waals surface area (Å²) in [4.78, 5) is 1.42. The minimum atomic E-state index is -0.198. The van der Waals surface area contributed by atoms with Crippen molar-refractivity contribution in [3.05, 3.63) is 40.5 Å². The summed E-state index contributed by atoms with van der Waals surface area (Å²) in [5, 5.41) is 0.878. The van der Waals surface area contributed by atoms with Gasteiger partial charge in [-0.15, -0.1) is 11.3 Å². The summed E-state index contributed by atoms with van der Waals surface area (Å²) >= 11 is 1.70. The van der Waals surface area contributed by atoms with Gasteiger partial charge in [0.05, 0.1) is 5.00 Å². The van der Waals surface area contributed by atoms with Crippen LogP contribution in [0.4, 0.5) is 9.39 Å². The molecule has 0 aliphatic heterocycles. The summed E-state index contributed by atoms with van der Waals surface area (Å²) in [7, 11) is 0. The lowest BCUT2D eigenvalue weighted by atomic mass is 9.92. The van der Waals surface area contributed by atoms with Gasteiger partial charge in [0.25, 0.3) is 0 Å². The van der Waals surface area contributed by atoms with Gasteiger partial charge in [0, 0.05) is 10.4 Å². The van der Waals surface area contributed by atoms with E-state index in [9.17, 15) is 4.39 Å². The predicted octanol–water partition coefficient (Wildman–Crippen LogP) is 4.02. The number of benzene rings is 1. The van der Waals surface area contributed by atoms with Gasteiger partial charge >= 0.3 is 0 Å². The number of nitrogen functional groups attached to an aromatic ring is 1. The third-order valence-corrected chi connectivity index (χ3v) is 4.45. The summed E-state index contributed by atoms with van der Waals surface area (Å²) in [6.07, 6.45) is 4.74. The van der Waals surface area contributed by atoms with Crippen LogP contribution in [0.15, 0.2) is 24.3 Å². The molecule has 1 aromatic heterocycles. The van der Waals surface area contributed by atoms with Gasteiger partial charge in [-0.2, -0.15) is 0 Å². The zero-order chi connectivity index (χ0) is 11.8. The molecular weight excluding hydrogens is 233 g/mol. The van der Waals surface area contributed by atoms with Gasteiger partial charge < -0.3 is 5.73 Å². The normalized spacial score (nSPS) is 14.6. The third-order valence-electron chi connectivity index (χ3n) is 3.33. The van der Waals surface area contributed by atoms with Crippen LogP contribution in [-0.4, -0.2) is 0 Å². The van der Waals surface area contributed by atoms with Gasteiger partial charge in [0.1, 0.15) is 5.82 Å². The Morgan fingerprint density at radius 3 is 2.53 bits per heavy atom. The Labute approximate surface area is 104 Å². The Hall–Kier alpha value is -1.35. The summed E-state index contributed by atoms with van der Waals surface area (Å²) in [6, 6.07) is 6.65. The van der Waals surface area contributed by atoms with E-state index in [0.717, 1.165) is 29.0 Å². The Bertz CT molecular complexity index is 542. The molecule has 3 rings (SSSR count). The molecule has 0 spiro atoms. The minimum Gasteiger partial charge on any atom is -0.390 e. The number of halogens is 1. The van der Waals surface area contributed by atoms with E-state index in [2.05, 4.69) is 0 Å². The van der Waals surface area contributed by atoms with Gasteiger partial charge in [-0.3, -0.25) is 0 Å². The molecule has 0 saturated heterocycles. The first kappa shape index (κ1) is 10.8. The van der Waals surface area contributed by atoms with Crippen molar-refractivity contribution in [2.75, 3.05) is 5.73 Å². The van der Waals surface area contributed by atoms with Crippen LogP contribution in [0.3, 0.4) is 0 Å². The molecule has 0 atom stereocenters. The fourth-order valence-corrected chi connectivity index (χ4v) is 3.70. The van der Waals surface area contributed by atoms with Crippen molar-refractivity contribution in [1.82, 2.24) is 0 Å². The lowest BCUT2D eigenvalue weighted by Crippen LogP contribution is -1.99. The number of fused-ring (bicyclic) bond motifs is 1. The lowest BCUT2D eigenvalue weighted by molar-refractivity contribution is 0.628. The molecule has 0 fully saturated rings. The van der Waals surface area contributed by atoms with E-state index >= 15 is 0 Å². The monoisotopic (exact) mass is 247 g/mol. The SMILES string of the molecule is Nc1sc2c(c1-c1ccc(F)cc1)CCCC2. The molecule has 1 heterocycles. The maximum atomic E-state index is 12.9. The quantitative estimate of drug-likeness (QED) is 0.809. The molecule has 2 aromatic rings. The number of hydrogen-bond donors (Lipinski definition) is 1. The van der Waals surface area contributed by atoms with Gasteiger partial charge in [-0.05, 0) is 48.9 Å². The zero-order valence-electron chi connectivity index (χ0n) is 9.50. The molecule has 17 heavy (non-hydrogen) atoms. The first-order valence-electron chi connectivity index (χ1n) is 5.91. The summed E-state index contributed by atoms with van der Waals surface area (Å²) in [6.45, 7) is 0. The van der Waals surface area contributed by atoms with E-state index in [1.54, 1.807) is 11.3 Å². The van der Waals surface area contributed by atoms with Crippen LogP contribution >= 0.6 is 11.3 Å². The third kappa shape index (κ3) is 1.84. The van der Waals surface area contributed by atoms with E-state index in [4.69, 9.17) is 5.73 Å². The maximum Gasteiger partial charge on any atom is 0.123 e. The first-order valence-corrected chi connectivity index (χ1v) is 6.73. The Kier molecular flexibility index (Phi) is 2.63. The van der Waals surface area contributed by atoms with Crippen LogP contribution in [0, 0.1) is 5.82 Å². The van der Waals surface area contributed by atoms with Crippen molar-refractivity contribution in [1.29, 1.82) is 0 Å². The second kappa shape index (κ2) is 4.15. The minimum absolute atomic E-state index is 0.198. The largest absolute Gasteiger partial charge is 0.390 e. The van der Waals surface area contributed by atoms with E-state index in [1.165, 1.54) is 35.4 Å². The molecule has 1 aliphatic carbocycles. The van der Waals surface area contributed by atoms with Crippen molar-refractivity contribution < 1.29 is 4.39 Å². The second-order valence-electron chi connectivity index (χ2n) is 4.46. The summed E-state index contributed by atoms with van der Waals surface area (Å²) in [5.74, 6) is -0.198. The molecule has 0 saturated carbocycles. The molecule has 0 radical (unpaired) electrons. The van der Waals surface area contributed by atoms with Crippen molar-refractivity contribution in [3.8, 4) is 11.1 Å². The molecule has 0 bridgehead atoms. The smallest absolute Gasteiger partial charge is 0.123 e. The molecule has 2 N–H and O–H groups in total. The van der Waals surface area contributed by atoms with Crippen LogP contribution < -0.4 is 5.73 Å². The highest BCUT2D eigenvalue weighted by molar-refractivity contribution is 7.16. The number of aryl methyl sites for hydroxylation is 1. The molecule has 1 nitrogen and oxygen atoms in total. The topological polar surface area (TPSA) is 26.0 Å². The number of thiophene rings is 1. The maximum absolute atomic E-state index is 12.9. The number of anilines is 1. The predicted molar refractivity (Wildman–Crippen MR) is 70.8 cm³/mol. The van der Waals surface area contributed by atoms with Crippen molar-refractivity contribution in [2.45, 2.75) is 25.7 Å². The van der Waals surface area contributed by atoms with Gasteiger partial charge in [-0.25, -0.2) is 4.39 Å². The molecule has 3 heteroatoms. The molecule has 0 unspecified atom stereocenters. The molecule has 1 aliphatic rings. The lowest BCUT2D eigenvalue weighted by Gasteiger charge is -2.12. The highest BCUT2D eigenvalue weighted by atomic mass is 32.1. The van der Waals surface area contributed by atoms with Gasteiger partial charge in [-0.1, -0.05) is 12.1 Å². The summed E-state index contributed by atoms with van der Waals surface area (Å²) < 4.78 is 12.9. The Balaban J connectivity index is 2.13. The van der Waals surface area contributed by atoms with Gasteiger partial charge in [0.2, 0.25) is 0 Å². The van der Waals surface area contributed by atoms with E-state index in [-0.39, 0.29) is 5.82 Å². The standard InChI is InChI=1S/C14H14FNS/c15-10-7-5-9(6-8-10)13-11-3-1-2-4-12(11)17-14(13)16/h5-8H,1-4,16H2. The second-order valence-corrected chi connectivity index (χ2v) is 5.59. The Morgan fingerprint density at radius 2 is 1.76 bits per heavy atom. The fourth-order valence-electron chi connectivity index (χ4n) is 2.52. The van der Waals surface area contributed by atoms with E-state index in [0.29, 0.717) is 0 Å². The highest BCUT2D eigenvalue weighted by Gasteiger charge is 2.20. The Morgan fingerprint density at radius 1 is 1.06 bits per heavy atom. The average Bonchev–Trinajstić information content (AvgIpc) is 2.66. The molecular formula is C14H14FNS. The highest BCUT2D eigenvalue weighted by Crippen LogP contribution is 2.42. The number of nitrogens with two attached hydrogens (primary N) is 1. The summed E-state index contributed by atoms with van der Waals surface area (Å²) in [5.41, 5.74) is 9.70. The van der Waals surface area contributed by atoms with Crippen molar-refractivity contribution in [3.63, 3.8) is 0 Å². The number of rotatable bonds is 1. The fraction of sp³-hybridized carbons (Fsp3) is 0.286. The van der Waals surface area contributed by atoms with Crippen LogP contribution in [0.25, 0.3) is 11.1 Å². The number of hydrogen-bond acceptors (Lipinski definition) is 2. The van der Waals surface area contributed by atoms with Crippen LogP contribution in [0.5, 0.6) is 0 Å². The van der Waals surface area contributed by atoms with Crippen molar-refractivity contribution >= 4 is 16.3 Å². The molecule has 0 amide bonds. The first-order chi connectivity index (χ1) is 8.25. The van der Waals surface area contributed by atoms with Gasteiger partial charge in [0.15, 0.2) is 0 Å². The van der Waals surface area contributed by atoms with Crippen LogP contribution in [-0.2, 0) is 12.8 Å². The van der Waals surface area contributed by atoms with E-state index < -0.39 is 0 Å². The van der Waals surface area contributed by atoms with Crippen LogP contribution in [0.2, 0.25) is 0 Å². The molecule has 1 aromatic carbocycles. The van der Waals surface area contributed by atoms with Crippen molar-refractivity contribution in [2.24, 2.45) is 0 Å². The average molecular weight is 247 g/mol. The zero-order valence-corrected chi connectivity index (χ0v) is 10.3. The molecule has 88 valence electrons.